The average Bonchev–Trinajstić information content (AvgIpc) is 2.38. The van der Waals surface area contributed by atoms with E-state index in [1.54, 1.807) is 0 Å². The minimum absolute atomic E-state index is 0.0978. The first-order valence-electron chi connectivity index (χ1n) is 6.97. The zero-order valence-corrected chi connectivity index (χ0v) is 11.7. The van der Waals surface area contributed by atoms with Crippen molar-refractivity contribution in [2.45, 2.75) is 50.5 Å². The van der Waals surface area contributed by atoms with Crippen LogP contribution in [-0.2, 0) is 16.5 Å². The van der Waals surface area contributed by atoms with Gasteiger partial charge in [-0.2, -0.15) is 13.2 Å². The molecular weight excluding hydrogens is 288 g/mol. The van der Waals surface area contributed by atoms with Gasteiger partial charge in [-0.05, 0) is 24.1 Å². The quantitative estimate of drug-likeness (QED) is 0.855. The highest BCUT2D eigenvalue weighted by Crippen LogP contribution is 2.39. The highest BCUT2D eigenvalue weighted by atomic mass is 19.4. The smallest absolute Gasteiger partial charge is 0.385 e. The van der Waals surface area contributed by atoms with Gasteiger partial charge >= 0.3 is 6.18 Å². The van der Waals surface area contributed by atoms with E-state index in [1.807, 2.05) is 6.92 Å². The molecular formula is C15H18F4O2. The van der Waals surface area contributed by atoms with Crippen molar-refractivity contribution in [1.29, 1.82) is 0 Å². The summed E-state index contributed by atoms with van der Waals surface area (Å²) in [6, 6.07) is 2.70. The topological polar surface area (TPSA) is 29.5 Å². The molecule has 21 heavy (non-hydrogen) atoms. The van der Waals surface area contributed by atoms with E-state index in [0.717, 1.165) is 18.9 Å². The Hall–Kier alpha value is -1.14. The van der Waals surface area contributed by atoms with E-state index >= 15 is 0 Å². The first kappa shape index (κ1) is 16.2. The monoisotopic (exact) mass is 306 g/mol. The van der Waals surface area contributed by atoms with Crippen LogP contribution >= 0.6 is 0 Å². The maximum absolute atomic E-state index is 13.3. The van der Waals surface area contributed by atoms with Crippen molar-refractivity contribution in [3.05, 3.63) is 35.1 Å². The van der Waals surface area contributed by atoms with Crippen LogP contribution in [0.2, 0.25) is 0 Å². The number of benzene rings is 1. The van der Waals surface area contributed by atoms with Crippen LogP contribution in [0.4, 0.5) is 17.6 Å². The van der Waals surface area contributed by atoms with Gasteiger partial charge in [0, 0.05) is 12.8 Å². The highest BCUT2D eigenvalue weighted by molar-refractivity contribution is 5.31. The van der Waals surface area contributed by atoms with E-state index in [1.165, 1.54) is 6.07 Å². The largest absolute Gasteiger partial charge is 0.419 e. The summed E-state index contributed by atoms with van der Waals surface area (Å²) in [4.78, 5) is 0. The summed E-state index contributed by atoms with van der Waals surface area (Å²) < 4.78 is 57.1. The van der Waals surface area contributed by atoms with Gasteiger partial charge in [-0.15, -0.1) is 0 Å². The molecule has 118 valence electrons. The Labute approximate surface area is 120 Å². The van der Waals surface area contributed by atoms with Crippen LogP contribution < -0.4 is 0 Å². The molecule has 2 atom stereocenters. The predicted molar refractivity (Wildman–Crippen MR) is 69.2 cm³/mol. The van der Waals surface area contributed by atoms with Gasteiger partial charge in [0.15, 0.2) is 0 Å². The van der Waals surface area contributed by atoms with Crippen LogP contribution in [-0.4, -0.2) is 17.8 Å². The number of hydrogen-bond acceptors (Lipinski definition) is 2. The van der Waals surface area contributed by atoms with E-state index in [4.69, 9.17) is 4.74 Å². The van der Waals surface area contributed by atoms with E-state index in [-0.39, 0.29) is 31.1 Å². The van der Waals surface area contributed by atoms with Gasteiger partial charge in [0.1, 0.15) is 5.82 Å². The van der Waals surface area contributed by atoms with E-state index < -0.39 is 23.2 Å². The summed E-state index contributed by atoms with van der Waals surface area (Å²) in [5.41, 5.74) is -2.64. The lowest BCUT2D eigenvalue weighted by Gasteiger charge is -2.37. The molecule has 0 radical (unpaired) electrons. The molecule has 2 nitrogen and oxygen atoms in total. The fraction of sp³-hybridized carbons (Fsp3) is 0.600. The van der Waals surface area contributed by atoms with E-state index in [9.17, 15) is 22.7 Å². The molecule has 0 amide bonds. The van der Waals surface area contributed by atoms with Crippen LogP contribution in [0.15, 0.2) is 18.2 Å². The normalized spacial score (nSPS) is 26.9. The summed E-state index contributed by atoms with van der Waals surface area (Å²) >= 11 is 0. The molecule has 2 rings (SSSR count). The second kappa shape index (κ2) is 5.93. The Kier molecular flexibility index (Phi) is 4.58. The van der Waals surface area contributed by atoms with Crippen molar-refractivity contribution in [2.75, 3.05) is 6.61 Å². The van der Waals surface area contributed by atoms with Gasteiger partial charge in [0.25, 0.3) is 0 Å². The molecule has 1 N–H and O–H groups in total. The van der Waals surface area contributed by atoms with Gasteiger partial charge in [0.05, 0.1) is 23.9 Å². The van der Waals surface area contributed by atoms with Crippen molar-refractivity contribution in [3.63, 3.8) is 0 Å². The van der Waals surface area contributed by atoms with Gasteiger partial charge < -0.3 is 9.84 Å². The zero-order chi connectivity index (χ0) is 15.7. The molecule has 1 aliphatic rings. The second-order valence-corrected chi connectivity index (χ2v) is 5.46. The summed E-state index contributed by atoms with van der Waals surface area (Å²) in [6.45, 7) is 2.25. The van der Waals surface area contributed by atoms with Crippen LogP contribution in [0.25, 0.3) is 0 Å². The Morgan fingerprint density at radius 2 is 2.10 bits per heavy atom. The molecule has 0 spiro atoms. The lowest BCUT2D eigenvalue weighted by Crippen LogP contribution is -2.38. The van der Waals surface area contributed by atoms with E-state index in [0.29, 0.717) is 6.07 Å². The number of aliphatic hydroxyl groups is 1. The van der Waals surface area contributed by atoms with E-state index in [2.05, 4.69) is 0 Å². The molecule has 1 heterocycles. The minimum atomic E-state index is -4.77. The Morgan fingerprint density at radius 3 is 2.71 bits per heavy atom. The third-order valence-corrected chi connectivity index (χ3v) is 3.85. The standard InChI is InChI=1S/C15H18F4O2/c1-2-3-11-9-14(20,6-7-21-11)10-4-5-13(16)12(8-10)15(17,18)19/h4-5,8,11,20H,2-3,6-7,9H2,1H3. The first-order chi connectivity index (χ1) is 9.76. The third kappa shape index (κ3) is 3.55. The van der Waals surface area contributed by atoms with Gasteiger partial charge in [-0.3, -0.25) is 0 Å². The Morgan fingerprint density at radius 1 is 1.38 bits per heavy atom. The fourth-order valence-corrected chi connectivity index (χ4v) is 2.73. The maximum Gasteiger partial charge on any atom is 0.419 e. The summed E-state index contributed by atoms with van der Waals surface area (Å²) in [5.74, 6) is -1.33. The minimum Gasteiger partial charge on any atom is -0.385 e. The fourth-order valence-electron chi connectivity index (χ4n) is 2.73. The molecule has 0 aliphatic carbocycles. The summed E-state index contributed by atoms with van der Waals surface area (Å²) in [6.07, 6.45) is -2.94. The van der Waals surface area contributed by atoms with Crippen LogP contribution in [0.5, 0.6) is 0 Å². The molecule has 6 heteroatoms. The molecule has 1 aromatic carbocycles. The Bertz CT molecular complexity index is 499. The lowest BCUT2D eigenvalue weighted by atomic mass is 9.82. The molecule has 0 bridgehead atoms. The second-order valence-electron chi connectivity index (χ2n) is 5.46. The molecule has 0 saturated carbocycles. The lowest BCUT2D eigenvalue weighted by molar-refractivity contribution is -0.140. The molecule has 1 saturated heterocycles. The van der Waals surface area contributed by atoms with Gasteiger partial charge in [0.2, 0.25) is 0 Å². The molecule has 1 aliphatic heterocycles. The van der Waals surface area contributed by atoms with Crippen molar-refractivity contribution in [1.82, 2.24) is 0 Å². The van der Waals surface area contributed by atoms with Gasteiger partial charge in [-0.1, -0.05) is 19.4 Å². The number of alkyl halides is 3. The summed E-state index contributed by atoms with van der Waals surface area (Å²) in [7, 11) is 0. The number of hydrogen-bond donors (Lipinski definition) is 1. The number of ether oxygens (including phenoxy) is 1. The zero-order valence-electron chi connectivity index (χ0n) is 11.7. The molecule has 1 fully saturated rings. The van der Waals surface area contributed by atoms with Crippen LogP contribution in [0, 0.1) is 5.82 Å². The van der Waals surface area contributed by atoms with Crippen molar-refractivity contribution >= 4 is 0 Å². The third-order valence-electron chi connectivity index (χ3n) is 3.85. The molecule has 1 aromatic rings. The van der Waals surface area contributed by atoms with Gasteiger partial charge in [-0.25, -0.2) is 4.39 Å². The van der Waals surface area contributed by atoms with Crippen molar-refractivity contribution in [2.24, 2.45) is 0 Å². The first-order valence-corrected chi connectivity index (χ1v) is 6.97. The maximum atomic E-state index is 13.3. The molecule has 2 unspecified atom stereocenters. The van der Waals surface area contributed by atoms with Crippen molar-refractivity contribution in [3.8, 4) is 0 Å². The summed E-state index contributed by atoms with van der Waals surface area (Å²) in [5, 5.41) is 10.7. The van der Waals surface area contributed by atoms with Crippen LogP contribution in [0.1, 0.15) is 43.7 Å². The van der Waals surface area contributed by atoms with Crippen molar-refractivity contribution < 1.29 is 27.4 Å². The highest BCUT2D eigenvalue weighted by Gasteiger charge is 2.40. The number of halogens is 4. The van der Waals surface area contributed by atoms with Crippen LogP contribution in [0.3, 0.4) is 0 Å². The average molecular weight is 306 g/mol. The molecule has 0 aromatic heterocycles. The Balaban J connectivity index is 2.32. The SMILES string of the molecule is CCCC1CC(O)(c2ccc(F)c(C(F)(F)F)c2)CCO1. The predicted octanol–water partition coefficient (Wildman–Crippen LogP) is 4.01. The number of rotatable bonds is 3.